The lowest BCUT2D eigenvalue weighted by Crippen LogP contribution is -2.06. The Kier molecular flexibility index (Phi) is 8.96. The molecule has 27 nitrogen and oxygen atoms in total. The van der Waals surface area contributed by atoms with E-state index >= 15 is 0 Å². The van der Waals surface area contributed by atoms with Gasteiger partial charge in [0.05, 0.1) is 80.7 Å². The van der Waals surface area contributed by atoms with Gasteiger partial charge in [0.2, 0.25) is 0 Å². The van der Waals surface area contributed by atoms with Gasteiger partial charge in [0.1, 0.15) is 16.7 Å². The zero-order chi connectivity index (χ0) is 38.2. The highest BCUT2D eigenvalue weighted by Gasteiger charge is 2.41. The van der Waals surface area contributed by atoms with E-state index in [0.717, 1.165) is 6.07 Å². The lowest BCUT2D eigenvalue weighted by molar-refractivity contribution is -0.402. The Labute approximate surface area is 274 Å². The number of rotatable bonds is 12. The third-order valence-corrected chi connectivity index (χ3v) is 6.91. The van der Waals surface area contributed by atoms with Crippen molar-refractivity contribution in [3.05, 3.63) is 146 Å². The van der Waals surface area contributed by atoms with E-state index in [1.807, 2.05) is 0 Å². The summed E-state index contributed by atoms with van der Waals surface area (Å²) in [6, 6.07) is 3.13. The molecule has 0 heterocycles. The number of non-ortho nitro benzene ring substituents is 3. The van der Waals surface area contributed by atoms with E-state index in [9.17, 15) is 91.0 Å². The first-order valence-corrected chi connectivity index (χ1v) is 12.8. The van der Waals surface area contributed by atoms with Gasteiger partial charge >= 0.3 is 0 Å². The Hall–Kier alpha value is -8.52. The third kappa shape index (κ3) is 6.28. The van der Waals surface area contributed by atoms with E-state index in [0.29, 0.717) is 12.1 Å². The second kappa shape index (κ2) is 12.9. The fourth-order valence-electron chi connectivity index (χ4n) is 5.02. The van der Waals surface area contributed by atoms with Crippen LogP contribution in [0, 0.1) is 91.0 Å². The zero-order valence-electron chi connectivity index (χ0n) is 24.1. The van der Waals surface area contributed by atoms with Gasteiger partial charge in [-0.25, -0.2) is 0 Å². The fourth-order valence-corrected chi connectivity index (χ4v) is 5.02. The van der Waals surface area contributed by atoms with Crippen LogP contribution in [0.4, 0.5) is 51.2 Å². The van der Waals surface area contributed by atoms with Crippen molar-refractivity contribution in [2.75, 3.05) is 0 Å². The lowest BCUT2D eigenvalue weighted by atomic mass is 9.84. The predicted octanol–water partition coefficient (Wildman–Crippen LogP) is 5.86. The number of nitro groups is 9. The SMILES string of the molecule is O=[N+]([O-])c1cc([N+](=O)[O-])c(-c2cccc(-c3c([N+](=O)[O-])cc([N+](=O)[O-])cc3[N+](=O)[O-])c2-c2c([N+](=O)[O-])cc([N+](=O)[O-])cc2[N+](=O)[O-])c([N+](=O)[O-])c1. The number of benzene rings is 4. The van der Waals surface area contributed by atoms with Crippen LogP contribution in [0.2, 0.25) is 0 Å². The highest BCUT2D eigenvalue weighted by molar-refractivity contribution is 6.06. The highest BCUT2D eigenvalue weighted by atomic mass is 16.7. The molecular formula is C24H9N9O18. The molecule has 0 spiro atoms. The Morgan fingerprint density at radius 2 is 0.510 bits per heavy atom. The average molecular weight is 711 g/mol. The molecule has 0 radical (unpaired) electrons. The number of nitrogens with zero attached hydrogens (tertiary/aromatic N) is 9. The molecule has 0 bridgehead atoms. The first-order valence-electron chi connectivity index (χ1n) is 12.8. The normalized spacial score (nSPS) is 10.6. The highest BCUT2D eigenvalue weighted by Crippen LogP contribution is 2.55. The molecule has 0 atom stereocenters. The Bertz CT molecular complexity index is 2120. The molecule has 0 amide bonds. The van der Waals surface area contributed by atoms with Crippen LogP contribution in [-0.4, -0.2) is 44.3 Å². The summed E-state index contributed by atoms with van der Waals surface area (Å²) in [6.07, 6.45) is 0. The van der Waals surface area contributed by atoms with Gasteiger partial charge in [-0.2, -0.15) is 0 Å². The molecule has 0 aromatic heterocycles. The number of hydrogen-bond donors (Lipinski definition) is 0. The van der Waals surface area contributed by atoms with Crippen molar-refractivity contribution in [3.8, 4) is 33.4 Å². The van der Waals surface area contributed by atoms with Gasteiger partial charge < -0.3 is 0 Å². The standard InChI is InChI=1S/C24H9N9O18/c34-25(35)10-4-15(28(40)41)22(16(5-10)29(42)43)13-2-1-3-14(23-17(30(44)45)6-11(26(36)37)7-18(23)31(46)47)21(13)24-19(32(48)49)8-12(27(38)39)9-20(24)33(50)51/h1-9H. The largest absolute Gasteiger partial charge is 0.291 e. The molecule has 0 aliphatic heterocycles. The van der Waals surface area contributed by atoms with Crippen molar-refractivity contribution in [1.82, 2.24) is 0 Å². The van der Waals surface area contributed by atoms with Crippen molar-refractivity contribution in [1.29, 1.82) is 0 Å². The number of hydrogen-bond acceptors (Lipinski definition) is 18. The van der Waals surface area contributed by atoms with Crippen LogP contribution in [0.1, 0.15) is 0 Å². The molecular weight excluding hydrogens is 702 g/mol. The molecule has 4 rings (SSSR count). The maximum absolute atomic E-state index is 12.4. The maximum Gasteiger partial charge on any atom is 0.291 e. The van der Waals surface area contributed by atoms with Crippen molar-refractivity contribution >= 4 is 51.2 Å². The molecule has 0 aliphatic carbocycles. The lowest BCUT2D eigenvalue weighted by Gasteiger charge is -2.16. The second-order valence-electron chi connectivity index (χ2n) is 9.62. The molecule has 0 saturated carbocycles. The van der Waals surface area contributed by atoms with Crippen LogP contribution in [-0.2, 0) is 0 Å². The van der Waals surface area contributed by atoms with Crippen LogP contribution < -0.4 is 0 Å². The molecule has 4 aromatic carbocycles. The molecule has 51 heavy (non-hydrogen) atoms. The molecule has 0 saturated heterocycles. The van der Waals surface area contributed by atoms with Gasteiger partial charge in [0.15, 0.2) is 0 Å². The monoisotopic (exact) mass is 711 g/mol. The predicted molar refractivity (Wildman–Crippen MR) is 163 cm³/mol. The van der Waals surface area contributed by atoms with E-state index in [1.54, 1.807) is 0 Å². The average Bonchev–Trinajstić information content (AvgIpc) is 3.05. The third-order valence-electron chi connectivity index (χ3n) is 6.91. The first kappa shape index (κ1) is 35.3. The number of nitro benzene ring substituents is 9. The van der Waals surface area contributed by atoms with Crippen LogP contribution in [0.5, 0.6) is 0 Å². The van der Waals surface area contributed by atoms with Gasteiger partial charge in [-0.1, -0.05) is 18.2 Å². The molecule has 0 N–H and O–H groups in total. The molecule has 258 valence electrons. The Morgan fingerprint density at radius 3 is 0.706 bits per heavy atom. The molecule has 0 fully saturated rings. The zero-order valence-corrected chi connectivity index (χ0v) is 24.1. The van der Waals surface area contributed by atoms with Gasteiger partial charge in [-0.3, -0.25) is 91.0 Å². The van der Waals surface area contributed by atoms with Gasteiger partial charge in [0.25, 0.3) is 51.2 Å². The molecule has 27 heteroatoms. The summed E-state index contributed by atoms with van der Waals surface area (Å²) < 4.78 is 0. The van der Waals surface area contributed by atoms with Crippen LogP contribution in [0.15, 0.2) is 54.6 Å². The fraction of sp³-hybridized carbons (Fsp3) is 0. The summed E-state index contributed by atoms with van der Waals surface area (Å²) in [4.78, 5) is 95.9. The van der Waals surface area contributed by atoms with Crippen molar-refractivity contribution in [2.24, 2.45) is 0 Å². The Morgan fingerprint density at radius 1 is 0.294 bits per heavy atom. The first-order chi connectivity index (χ1) is 23.8. The summed E-state index contributed by atoms with van der Waals surface area (Å²) in [5.74, 6) is 0. The van der Waals surface area contributed by atoms with E-state index in [2.05, 4.69) is 0 Å². The summed E-state index contributed by atoms with van der Waals surface area (Å²) >= 11 is 0. The van der Waals surface area contributed by atoms with E-state index in [-0.39, 0.29) is 36.4 Å². The van der Waals surface area contributed by atoms with Gasteiger partial charge in [-0.05, 0) is 0 Å². The molecule has 0 aliphatic rings. The summed E-state index contributed by atoms with van der Waals surface area (Å²) in [6.45, 7) is 0. The maximum atomic E-state index is 12.4. The minimum Gasteiger partial charge on any atom is -0.258 e. The summed E-state index contributed by atoms with van der Waals surface area (Å²) in [7, 11) is 0. The van der Waals surface area contributed by atoms with Crippen molar-refractivity contribution in [3.63, 3.8) is 0 Å². The minimum absolute atomic E-state index is 0.139. The molecule has 4 aromatic rings. The quantitative estimate of drug-likeness (QED) is 0.122. The Balaban J connectivity index is 2.50. The molecule has 0 unspecified atom stereocenters. The van der Waals surface area contributed by atoms with E-state index in [1.165, 1.54) is 0 Å². The summed E-state index contributed by atoms with van der Waals surface area (Å²) in [5, 5.41) is 108. The second-order valence-corrected chi connectivity index (χ2v) is 9.62. The van der Waals surface area contributed by atoms with Gasteiger partial charge in [-0.15, -0.1) is 0 Å². The summed E-state index contributed by atoms with van der Waals surface area (Å²) in [5.41, 5.74) is -20.2. The smallest absolute Gasteiger partial charge is 0.258 e. The van der Waals surface area contributed by atoms with Crippen molar-refractivity contribution < 1.29 is 44.3 Å². The van der Waals surface area contributed by atoms with Crippen molar-refractivity contribution in [2.45, 2.75) is 0 Å². The van der Waals surface area contributed by atoms with E-state index in [4.69, 9.17) is 0 Å². The van der Waals surface area contributed by atoms with Crippen LogP contribution >= 0.6 is 0 Å². The van der Waals surface area contributed by atoms with Crippen LogP contribution in [0.3, 0.4) is 0 Å². The van der Waals surface area contributed by atoms with Gasteiger partial charge in [0, 0.05) is 16.7 Å². The topological polar surface area (TPSA) is 388 Å². The minimum atomic E-state index is -1.58. The van der Waals surface area contributed by atoms with E-state index < -0.39 is 129 Å². The van der Waals surface area contributed by atoms with Crippen LogP contribution in [0.25, 0.3) is 33.4 Å².